The lowest BCUT2D eigenvalue weighted by Gasteiger charge is -2.07. The first-order valence-corrected chi connectivity index (χ1v) is 2.58. The molecule has 0 aliphatic carbocycles. The molecule has 0 aromatic heterocycles. The van der Waals surface area contributed by atoms with Gasteiger partial charge in [0, 0.05) is 0 Å². The van der Waals surface area contributed by atoms with Crippen LogP contribution in [0.15, 0.2) is 0 Å². The van der Waals surface area contributed by atoms with E-state index in [0.29, 0.717) is 0 Å². The summed E-state index contributed by atoms with van der Waals surface area (Å²) in [6, 6.07) is 0. The van der Waals surface area contributed by atoms with Gasteiger partial charge in [-0.2, -0.15) is 8.78 Å². The van der Waals surface area contributed by atoms with Crippen LogP contribution in [0.4, 0.5) is 8.78 Å². The highest BCUT2D eigenvalue weighted by molar-refractivity contribution is 5.90. The van der Waals surface area contributed by atoms with Crippen molar-refractivity contribution in [2.75, 3.05) is 7.11 Å². The van der Waals surface area contributed by atoms with Crippen LogP contribution in [0.25, 0.3) is 0 Å². The van der Waals surface area contributed by atoms with Crippen molar-refractivity contribution in [2.24, 2.45) is 0 Å². The lowest BCUT2D eigenvalue weighted by Crippen LogP contribution is -2.28. The van der Waals surface area contributed by atoms with Gasteiger partial charge in [0.15, 0.2) is 6.29 Å². The Labute approximate surface area is 61.1 Å². The van der Waals surface area contributed by atoms with Crippen LogP contribution in [0.1, 0.15) is 0 Å². The summed E-state index contributed by atoms with van der Waals surface area (Å²) in [5, 5.41) is 0. The molecule has 0 radical (unpaired) electrons. The number of methoxy groups -OCH3 is 1. The summed E-state index contributed by atoms with van der Waals surface area (Å²) in [5.74, 6) is -1.14. The molecule has 6 heteroatoms. The van der Waals surface area contributed by atoms with Crippen LogP contribution in [0, 0.1) is 0 Å². The Morgan fingerprint density at radius 2 is 2.09 bits per heavy atom. The number of aldehydes is 1. The molecule has 1 unspecified atom stereocenters. The number of esters is 1. The third kappa shape index (κ3) is 3.61. The summed E-state index contributed by atoms with van der Waals surface area (Å²) in [6.07, 6.45) is -1.89. The van der Waals surface area contributed by atoms with Gasteiger partial charge in [0.05, 0.1) is 7.11 Å². The molecule has 0 rings (SSSR count). The number of hydrogen-bond donors (Lipinski definition) is 0. The molecule has 0 spiro atoms. The maximum Gasteiger partial charge on any atom is 0.346 e. The van der Waals surface area contributed by atoms with Crippen LogP contribution in [-0.2, 0) is 19.1 Å². The SMILES string of the molecule is COC(=O)C(C=O)OC(F)F. The normalized spacial score (nSPS) is 12.7. The van der Waals surface area contributed by atoms with Gasteiger partial charge in [0.25, 0.3) is 0 Å². The zero-order valence-corrected chi connectivity index (χ0v) is 5.62. The monoisotopic (exact) mass is 168 g/mol. The minimum absolute atomic E-state index is 0.0575. The highest BCUT2D eigenvalue weighted by atomic mass is 19.3. The Morgan fingerprint density at radius 3 is 2.36 bits per heavy atom. The van der Waals surface area contributed by atoms with E-state index in [2.05, 4.69) is 9.47 Å². The number of alkyl halides is 2. The van der Waals surface area contributed by atoms with Crippen molar-refractivity contribution in [3.8, 4) is 0 Å². The van der Waals surface area contributed by atoms with Crippen molar-refractivity contribution in [2.45, 2.75) is 12.7 Å². The minimum Gasteiger partial charge on any atom is -0.467 e. The van der Waals surface area contributed by atoms with Crippen molar-refractivity contribution in [1.29, 1.82) is 0 Å². The second kappa shape index (κ2) is 4.73. The first kappa shape index (κ1) is 9.96. The summed E-state index contributed by atoms with van der Waals surface area (Å²) in [7, 11) is 0.966. The molecule has 0 saturated heterocycles. The Kier molecular flexibility index (Phi) is 4.28. The van der Waals surface area contributed by atoms with Gasteiger partial charge in [-0.3, -0.25) is 9.53 Å². The van der Waals surface area contributed by atoms with E-state index in [1.165, 1.54) is 0 Å². The van der Waals surface area contributed by atoms with Crippen LogP contribution < -0.4 is 0 Å². The van der Waals surface area contributed by atoms with E-state index in [0.717, 1.165) is 7.11 Å². The Balaban J connectivity index is 3.95. The standard InChI is InChI=1S/C5H6F2O4/c1-10-4(9)3(2-8)11-5(6)7/h2-3,5H,1H3. The number of hydrogen-bond acceptors (Lipinski definition) is 4. The average Bonchev–Trinajstić information content (AvgIpc) is 1.98. The summed E-state index contributed by atoms with van der Waals surface area (Å²) in [4.78, 5) is 20.2. The molecule has 0 heterocycles. The van der Waals surface area contributed by atoms with Crippen LogP contribution in [-0.4, -0.2) is 32.1 Å². The molecule has 1 atom stereocenters. The fourth-order valence-corrected chi connectivity index (χ4v) is 0.370. The molecule has 0 fully saturated rings. The molecule has 0 aromatic carbocycles. The van der Waals surface area contributed by atoms with E-state index < -0.39 is 18.7 Å². The van der Waals surface area contributed by atoms with Gasteiger partial charge in [0.2, 0.25) is 6.10 Å². The maximum atomic E-state index is 11.4. The number of carbonyl (C=O) groups is 2. The molecule has 0 aliphatic heterocycles. The van der Waals surface area contributed by atoms with Crippen LogP contribution in [0.5, 0.6) is 0 Å². The van der Waals surface area contributed by atoms with E-state index in [1.807, 2.05) is 0 Å². The zero-order chi connectivity index (χ0) is 8.85. The quantitative estimate of drug-likeness (QED) is 0.336. The Hall–Kier alpha value is -1.04. The lowest BCUT2D eigenvalue weighted by atomic mass is 10.4. The van der Waals surface area contributed by atoms with Crippen molar-refractivity contribution in [3.05, 3.63) is 0 Å². The average molecular weight is 168 g/mol. The molecule has 4 nitrogen and oxygen atoms in total. The first-order chi connectivity index (χ1) is 5.11. The van der Waals surface area contributed by atoms with Crippen LogP contribution in [0.2, 0.25) is 0 Å². The van der Waals surface area contributed by atoms with E-state index in [1.54, 1.807) is 0 Å². The lowest BCUT2D eigenvalue weighted by molar-refractivity contribution is -0.187. The number of carbonyl (C=O) groups excluding carboxylic acids is 2. The van der Waals surface area contributed by atoms with E-state index in [9.17, 15) is 18.4 Å². The summed E-state index contributed by atoms with van der Waals surface area (Å²) in [6.45, 7) is -3.16. The molecule has 0 saturated carbocycles. The Morgan fingerprint density at radius 1 is 1.55 bits per heavy atom. The maximum absolute atomic E-state index is 11.4. The van der Waals surface area contributed by atoms with Gasteiger partial charge >= 0.3 is 12.6 Å². The first-order valence-electron chi connectivity index (χ1n) is 2.58. The summed E-state index contributed by atoms with van der Waals surface area (Å²) in [5.41, 5.74) is 0. The molecule has 0 N–H and O–H groups in total. The van der Waals surface area contributed by atoms with Gasteiger partial charge in [-0.25, -0.2) is 4.79 Å². The smallest absolute Gasteiger partial charge is 0.346 e. The molecule has 0 amide bonds. The van der Waals surface area contributed by atoms with Gasteiger partial charge < -0.3 is 4.74 Å². The molecular formula is C5H6F2O4. The van der Waals surface area contributed by atoms with Crippen molar-refractivity contribution in [1.82, 2.24) is 0 Å². The third-order valence-electron chi connectivity index (χ3n) is 0.807. The van der Waals surface area contributed by atoms with E-state index in [4.69, 9.17) is 0 Å². The predicted molar refractivity (Wildman–Crippen MR) is 29.0 cm³/mol. The van der Waals surface area contributed by atoms with Gasteiger partial charge in [-0.15, -0.1) is 0 Å². The highest BCUT2D eigenvalue weighted by Crippen LogP contribution is 2.00. The van der Waals surface area contributed by atoms with Crippen LogP contribution in [0.3, 0.4) is 0 Å². The summed E-state index contributed by atoms with van der Waals surface area (Å²) >= 11 is 0. The third-order valence-corrected chi connectivity index (χ3v) is 0.807. The van der Waals surface area contributed by atoms with Crippen LogP contribution >= 0.6 is 0 Å². The largest absolute Gasteiger partial charge is 0.467 e. The highest BCUT2D eigenvalue weighted by Gasteiger charge is 2.22. The molecular weight excluding hydrogens is 162 g/mol. The molecule has 11 heavy (non-hydrogen) atoms. The Bertz CT molecular complexity index is 147. The van der Waals surface area contributed by atoms with E-state index in [-0.39, 0.29) is 6.29 Å². The topological polar surface area (TPSA) is 52.6 Å². The van der Waals surface area contributed by atoms with E-state index >= 15 is 0 Å². The van der Waals surface area contributed by atoms with Gasteiger partial charge in [0.1, 0.15) is 0 Å². The number of halogens is 2. The number of ether oxygens (including phenoxy) is 2. The molecule has 0 aromatic rings. The summed E-state index contributed by atoms with van der Waals surface area (Å²) < 4.78 is 30.3. The van der Waals surface area contributed by atoms with Crippen molar-refractivity contribution >= 4 is 12.3 Å². The van der Waals surface area contributed by atoms with Gasteiger partial charge in [-0.05, 0) is 0 Å². The predicted octanol–water partition coefficient (Wildman–Crippen LogP) is -0.0339. The molecule has 64 valence electrons. The zero-order valence-electron chi connectivity index (χ0n) is 5.62. The minimum atomic E-state index is -3.16. The second-order valence-corrected chi connectivity index (χ2v) is 1.48. The molecule has 0 bridgehead atoms. The second-order valence-electron chi connectivity index (χ2n) is 1.48. The molecule has 0 aliphatic rings. The fraction of sp³-hybridized carbons (Fsp3) is 0.600. The van der Waals surface area contributed by atoms with Gasteiger partial charge in [-0.1, -0.05) is 0 Å². The van der Waals surface area contributed by atoms with Crippen molar-refractivity contribution in [3.63, 3.8) is 0 Å². The number of rotatable bonds is 4. The fourth-order valence-electron chi connectivity index (χ4n) is 0.370. The van der Waals surface area contributed by atoms with Crippen molar-refractivity contribution < 1.29 is 27.8 Å².